The summed E-state index contributed by atoms with van der Waals surface area (Å²) < 4.78 is 20.3. The Morgan fingerprint density at radius 3 is 2.63 bits per heavy atom. The third-order valence-electron chi connectivity index (χ3n) is 6.74. The molecule has 5 rings (SSSR count). The van der Waals surface area contributed by atoms with Crippen LogP contribution in [0.5, 0.6) is 5.75 Å². The van der Waals surface area contributed by atoms with Crippen molar-refractivity contribution in [2.75, 3.05) is 25.5 Å². The summed E-state index contributed by atoms with van der Waals surface area (Å²) in [6.07, 6.45) is 0. The predicted octanol–water partition coefficient (Wildman–Crippen LogP) is 3.31. The average molecular weight is 536 g/mol. The lowest BCUT2D eigenvalue weighted by atomic mass is 9.82. The van der Waals surface area contributed by atoms with Crippen molar-refractivity contribution in [3.63, 3.8) is 0 Å². The molecule has 0 fully saturated rings. The van der Waals surface area contributed by atoms with Crippen molar-refractivity contribution in [2.45, 2.75) is 24.9 Å². The Morgan fingerprint density at radius 2 is 1.95 bits per heavy atom. The molecular weight excluding hydrogens is 509 g/mol. The van der Waals surface area contributed by atoms with Crippen molar-refractivity contribution < 1.29 is 23.8 Å². The Labute approximate surface area is 221 Å². The van der Waals surface area contributed by atoms with Crippen LogP contribution >= 0.6 is 11.3 Å². The molecule has 1 aliphatic rings. The van der Waals surface area contributed by atoms with E-state index in [2.05, 4.69) is 20.6 Å². The molecule has 0 saturated carbocycles. The lowest BCUT2D eigenvalue weighted by Gasteiger charge is -2.26. The van der Waals surface area contributed by atoms with Crippen LogP contribution in [0.2, 0.25) is 0 Å². The number of ether oxygens (including phenoxy) is 1. The van der Waals surface area contributed by atoms with E-state index in [-0.39, 0.29) is 24.8 Å². The van der Waals surface area contributed by atoms with Crippen LogP contribution in [0.15, 0.2) is 48.5 Å². The Morgan fingerprint density at radius 1 is 1.21 bits per heavy atom. The molecule has 0 spiro atoms. The predicted molar refractivity (Wildman–Crippen MR) is 143 cm³/mol. The fourth-order valence-electron chi connectivity index (χ4n) is 4.28. The van der Waals surface area contributed by atoms with Gasteiger partial charge in [-0.15, -0.1) is 0 Å². The molecular formula is C27H26FN5O4S. The second-order valence-corrected chi connectivity index (χ2v) is 10.7. The number of nitrogens with zero attached hydrogens (tertiary/aromatic N) is 2. The molecule has 38 heavy (non-hydrogen) atoms. The van der Waals surface area contributed by atoms with Crippen LogP contribution in [-0.4, -0.2) is 47.1 Å². The first-order valence-corrected chi connectivity index (χ1v) is 12.7. The highest BCUT2D eigenvalue weighted by molar-refractivity contribution is 7.22. The zero-order valence-electron chi connectivity index (χ0n) is 21.0. The number of carbonyl (C=O) groups is 2. The number of hydrogen-bond acceptors (Lipinski definition) is 8. The molecule has 11 heteroatoms. The summed E-state index contributed by atoms with van der Waals surface area (Å²) in [7, 11) is 1.78. The standard InChI is InChI=1S/C27H26FN5O4S/c1-26(24(29)35)13-37-22-17(26)11-20(33-21(22)14-4-7-16(28)8-5-14)27(2,36)12-31-23(34)15-6-9-18-19(10-15)38-25(30-3)32-18/h4-11,36H,12-13H2,1-3H3,(H2,29,35)(H,30,32)(H,31,34)/t26-,27-/m0/s1. The summed E-state index contributed by atoms with van der Waals surface area (Å²) in [4.78, 5) is 34.4. The molecule has 5 N–H and O–H groups in total. The van der Waals surface area contributed by atoms with Gasteiger partial charge in [-0.25, -0.2) is 14.4 Å². The molecule has 196 valence electrons. The smallest absolute Gasteiger partial charge is 0.251 e. The van der Waals surface area contributed by atoms with Gasteiger partial charge in [-0.1, -0.05) is 11.3 Å². The number of pyridine rings is 1. The molecule has 1 aliphatic heterocycles. The number of anilines is 1. The number of aliphatic hydroxyl groups is 1. The molecule has 0 radical (unpaired) electrons. The molecule has 0 unspecified atom stereocenters. The molecule has 2 amide bonds. The highest BCUT2D eigenvalue weighted by atomic mass is 32.1. The highest BCUT2D eigenvalue weighted by Gasteiger charge is 2.45. The maximum Gasteiger partial charge on any atom is 0.251 e. The number of nitrogens with one attached hydrogen (secondary N) is 2. The number of amides is 2. The average Bonchev–Trinajstić information content (AvgIpc) is 3.48. The van der Waals surface area contributed by atoms with Crippen molar-refractivity contribution in [2.24, 2.45) is 5.73 Å². The number of fused-ring (bicyclic) bond motifs is 2. The number of aromatic nitrogens is 2. The minimum absolute atomic E-state index is 0.00515. The minimum Gasteiger partial charge on any atom is -0.489 e. The van der Waals surface area contributed by atoms with Gasteiger partial charge in [0, 0.05) is 23.7 Å². The number of nitrogens with two attached hydrogens (primary N) is 1. The lowest BCUT2D eigenvalue weighted by molar-refractivity contribution is -0.123. The van der Waals surface area contributed by atoms with Crippen LogP contribution in [0, 0.1) is 5.82 Å². The summed E-state index contributed by atoms with van der Waals surface area (Å²) in [5.41, 5.74) is 5.67. The maximum absolute atomic E-state index is 13.6. The first-order chi connectivity index (χ1) is 18.0. The highest BCUT2D eigenvalue weighted by Crippen LogP contribution is 2.45. The minimum atomic E-state index is -1.63. The van der Waals surface area contributed by atoms with Crippen LogP contribution in [0.25, 0.3) is 21.5 Å². The van der Waals surface area contributed by atoms with Crippen LogP contribution in [0.3, 0.4) is 0 Å². The van der Waals surface area contributed by atoms with Gasteiger partial charge >= 0.3 is 0 Å². The second-order valence-electron chi connectivity index (χ2n) is 9.63. The van der Waals surface area contributed by atoms with E-state index in [0.29, 0.717) is 28.1 Å². The number of carbonyl (C=O) groups excluding carboxylic acids is 2. The van der Waals surface area contributed by atoms with E-state index >= 15 is 0 Å². The van der Waals surface area contributed by atoms with Gasteiger partial charge in [-0.2, -0.15) is 0 Å². The number of halogens is 1. The Bertz CT molecular complexity index is 1570. The fraction of sp³-hybridized carbons (Fsp3) is 0.259. The number of rotatable bonds is 7. The van der Waals surface area contributed by atoms with Crippen LogP contribution < -0.4 is 21.1 Å². The molecule has 0 bridgehead atoms. The molecule has 2 aromatic carbocycles. The van der Waals surface area contributed by atoms with Crippen molar-refractivity contribution in [3.8, 4) is 17.0 Å². The van der Waals surface area contributed by atoms with E-state index < -0.39 is 22.7 Å². The third kappa shape index (κ3) is 4.44. The third-order valence-corrected chi connectivity index (χ3v) is 7.78. The number of primary amides is 1. The van der Waals surface area contributed by atoms with Crippen LogP contribution in [0.1, 0.15) is 35.5 Å². The van der Waals surface area contributed by atoms with Gasteiger partial charge in [-0.05, 0) is 62.4 Å². The van der Waals surface area contributed by atoms with Crippen molar-refractivity contribution in [3.05, 3.63) is 71.2 Å². The molecule has 3 heterocycles. The van der Waals surface area contributed by atoms with Gasteiger partial charge in [0.1, 0.15) is 34.9 Å². The van der Waals surface area contributed by atoms with Gasteiger partial charge in [-0.3, -0.25) is 9.59 Å². The molecule has 2 atom stereocenters. The van der Waals surface area contributed by atoms with Crippen LogP contribution in [0.4, 0.5) is 9.52 Å². The molecule has 4 aromatic rings. The molecule has 9 nitrogen and oxygen atoms in total. The zero-order chi connectivity index (χ0) is 27.2. The van der Waals surface area contributed by atoms with E-state index in [1.54, 1.807) is 38.2 Å². The van der Waals surface area contributed by atoms with E-state index in [1.807, 2.05) is 0 Å². The van der Waals surface area contributed by atoms with Gasteiger partial charge in [0.05, 0.1) is 22.5 Å². The summed E-state index contributed by atoms with van der Waals surface area (Å²) in [6, 6.07) is 12.4. The van der Waals surface area contributed by atoms with Gasteiger partial charge < -0.3 is 26.2 Å². The number of thiazole rings is 1. The van der Waals surface area contributed by atoms with E-state index in [0.717, 1.165) is 15.3 Å². The van der Waals surface area contributed by atoms with Crippen molar-refractivity contribution in [1.82, 2.24) is 15.3 Å². The zero-order valence-corrected chi connectivity index (χ0v) is 21.8. The monoisotopic (exact) mass is 535 g/mol. The largest absolute Gasteiger partial charge is 0.489 e. The van der Waals surface area contributed by atoms with Crippen molar-refractivity contribution in [1.29, 1.82) is 0 Å². The van der Waals surface area contributed by atoms with Gasteiger partial charge in [0.15, 0.2) is 5.13 Å². The summed E-state index contributed by atoms with van der Waals surface area (Å²) in [5, 5.41) is 17.9. The van der Waals surface area contributed by atoms with Gasteiger partial charge in [0.25, 0.3) is 5.91 Å². The topological polar surface area (TPSA) is 139 Å². The molecule has 0 saturated heterocycles. The summed E-state index contributed by atoms with van der Waals surface area (Å²) >= 11 is 1.43. The fourth-order valence-corrected chi connectivity index (χ4v) is 5.14. The maximum atomic E-state index is 13.6. The van der Waals surface area contributed by atoms with Crippen molar-refractivity contribution >= 4 is 38.5 Å². The first-order valence-electron chi connectivity index (χ1n) is 11.9. The Balaban J connectivity index is 1.47. The quantitative estimate of drug-likeness (QED) is 0.285. The molecule has 2 aromatic heterocycles. The first kappa shape index (κ1) is 25.6. The molecule has 0 aliphatic carbocycles. The van der Waals surface area contributed by atoms with E-state index in [9.17, 15) is 19.1 Å². The summed E-state index contributed by atoms with van der Waals surface area (Å²) in [6.45, 7) is 3.01. The summed E-state index contributed by atoms with van der Waals surface area (Å²) in [5.74, 6) is -1.04. The Kier molecular flexibility index (Phi) is 6.28. The van der Waals surface area contributed by atoms with Gasteiger partial charge in [0.2, 0.25) is 5.91 Å². The SMILES string of the molecule is CNc1nc2ccc(C(=O)NC[C@](C)(O)c3cc4c(c(-c5ccc(F)cc5)n3)OC[C@]4(C)C(N)=O)cc2s1. The van der Waals surface area contributed by atoms with Crippen LogP contribution in [-0.2, 0) is 15.8 Å². The normalized spacial score (nSPS) is 17.9. The number of benzene rings is 2. The lowest BCUT2D eigenvalue weighted by Crippen LogP contribution is -2.41. The number of hydrogen-bond donors (Lipinski definition) is 4. The van der Waals surface area contributed by atoms with E-state index in [1.165, 1.54) is 42.5 Å². The van der Waals surface area contributed by atoms with E-state index in [4.69, 9.17) is 10.5 Å². The second kappa shape index (κ2) is 9.34. The Hall–Kier alpha value is -4.09.